The number of thiophene rings is 1. The topological polar surface area (TPSA) is 24.1 Å². The quantitative estimate of drug-likeness (QED) is 0.852. The molecular formula is C9H15BrN2S. The van der Waals surface area contributed by atoms with Crippen molar-refractivity contribution >= 4 is 27.3 Å². The first-order valence-electron chi connectivity index (χ1n) is 4.33. The van der Waals surface area contributed by atoms with Crippen molar-refractivity contribution in [1.82, 2.24) is 10.6 Å². The summed E-state index contributed by atoms with van der Waals surface area (Å²) in [5, 5.41) is 8.60. The molecule has 0 fully saturated rings. The zero-order valence-corrected chi connectivity index (χ0v) is 10.3. The second kappa shape index (κ2) is 5.75. The van der Waals surface area contributed by atoms with Crippen LogP contribution in [-0.4, -0.2) is 20.6 Å². The molecule has 2 nitrogen and oxygen atoms in total. The van der Waals surface area contributed by atoms with Crippen molar-refractivity contribution in [1.29, 1.82) is 0 Å². The fourth-order valence-corrected chi connectivity index (χ4v) is 2.82. The summed E-state index contributed by atoms with van der Waals surface area (Å²) in [4.78, 5) is 1.39. The largest absolute Gasteiger partial charge is 0.320 e. The monoisotopic (exact) mass is 262 g/mol. The van der Waals surface area contributed by atoms with Crippen LogP contribution in [0.15, 0.2) is 15.9 Å². The number of rotatable bonds is 5. The molecule has 1 aromatic heterocycles. The highest BCUT2D eigenvalue weighted by Crippen LogP contribution is 2.26. The lowest BCUT2D eigenvalue weighted by Crippen LogP contribution is -2.20. The van der Waals surface area contributed by atoms with E-state index in [0.29, 0.717) is 6.04 Å². The third-order valence-electron chi connectivity index (χ3n) is 1.96. The standard InChI is InChI=1S/C9H15BrN2S/c1-11-4-3-8(12-2)9-5-7(10)6-13-9/h5-6,8,11-12H,3-4H2,1-2H3. The molecule has 1 unspecified atom stereocenters. The van der Waals surface area contributed by atoms with Gasteiger partial charge in [0.05, 0.1) is 0 Å². The Morgan fingerprint density at radius 2 is 2.31 bits per heavy atom. The Bertz CT molecular complexity index is 250. The van der Waals surface area contributed by atoms with Crippen LogP contribution < -0.4 is 10.6 Å². The molecule has 13 heavy (non-hydrogen) atoms. The molecule has 1 atom stereocenters. The van der Waals surface area contributed by atoms with Gasteiger partial charge in [-0.15, -0.1) is 11.3 Å². The van der Waals surface area contributed by atoms with Crippen LogP contribution >= 0.6 is 27.3 Å². The van der Waals surface area contributed by atoms with Gasteiger partial charge in [0.25, 0.3) is 0 Å². The fourth-order valence-electron chi connectivity index (χ4n) is 1.23. The molecule has 0 saturated heterocycles. The average molecular weight is 263 g/mol. The summed E-state index contributed by atoms with van der Waals surface area (Å²) in [6.45, 7) is 1.04. The minimum atomic E-state index is 0.476. The Kier molecular flexibility index (Phi) is 4.94. The molecule has 1 rings (SSSR count). The Balaban J connectivity index is 2.56. The second-order valence-corrected chi connectivity index (χ2v) is 4.76. The summed E-state index contributed by atoms with van der Waals surface area (Å²) >= 11 is 5.26. The highest BCUT2D eigenvalue weighted by Gasteiger charge is 2.10. The van der Waals surface area contributed by atoms with Crippen LogP contribution in [0, 0.1) is 0 Å². The smallest absolute Gasteiger partial charge is 0.0424 e. The predicted molar refractivity (Wildman–Crippen MR) is 62.4 cm³/mol. The zero-order chi connectivity index (χ0) is 9.68. The molecule has 2 N–H and O–H groups in total. The molecule has 0 saturated carbocycles. The van der Waals surface area contributed by atoms with Crippen molar-refractivity contribution in [3.05, 3.63) is 20.8 Å². The maximum Gasteiger partial charge on any atom is 0.0424 e. The fraction of sp³-hybridized carbons (Fsp3) is 0.556. The van der Waals surface area contributed by atoms with E-state index >= 15 is 0 Å². The molecule has 0 aliphatic heterocycles. The van der Waals surface area contributed by atoms with Crippen molar-refractivity contribution < 1.29 is 0 Å². The minimum absolute atomic E-state index is 0.476. The van der Waals surface area contributed by atoms with Gasteiger partial charge in [0.1, 0.15) is 0 Å². The van der Waals surface area contributed by atoms with Crippen LogP contribution in [0.1, 0.15) is 17.3 Å². The van der Waals surface area contributed by atoms with E-state index in [9.17, 15) is 0 Å². The summed E-state index contributed by atoms with van der Waals surface area (Å²) in [6, 6.07) is 2.66. The second-order valence-electron chi connectivity index (χ2n) is 2.90. The van der Waals surface area contributed by atoms with Gasteiger partial charge in [0, 0.05) is 20.8 Å². The van der Waals surface area contributed by atoms with Gasteiger partial charge in [-0.3, -0.25) is 0 Å². The van der Waals surface area contributed by atoms with Crippen LogP contribution in [0.3, 0.4) is 0 Å². The van der Waals surface area contributed by atoms with Crippen molar-refractivity contribution in [2.45, 2.75) is 12.5 Å². The maximum atomic E-state index is 3.46. The first kappa shape index (κ1) is 11.2. The van der Waals surface area contributed by atoms with Crippen molar-refractivity contribution in [2.75, 3.05) is 20.6 Å². The van der Waals surface area contributed by atoms with Gasteiger partial charge >= 0.3 is 0 Å². The highest BCUT2D eigenvalue weighted by atomic mass is 79.9. The first-order valence-corrected chi connectivity index (χ1v) is 6.01. The molecule has 1 heterocycles. The molecule has 0 aliphatic carbocycles. The summed E-state index contributed by atoms with van der Waals surface area (Å²) in [7, 11) is 3.99. The first-order chi connectivity index (χ1) is 6.27. The van der Waals surface area contributed by atoms with Gasteiger partial charge in [-0.1, -0.05) is 0 Å². The van der Waals surface area contributed by atoms with Gasteiger partial charge in [-0.25, -0.2) is 0 Å². The lowest BCUT2D eigenvalue weighted by Gasteiger charge is -2.13. The molecule has 0 aromatic carbocycles. The average Bonchev–Trinajstić information content (AvgIpc) is 2.54. The van der Waals surface area contributed by atoms with E-state index in [0.717, 1.165) is 13.0 Å². The van der Waals surface area contributed by atoms with E-state index in [1.807, 2.05) is 14.1 Å². The molecule has 4 heteroatoms. The Hall–Kier alpha value is 0.1000. The minimum Gasteiger partial charge on any atom is -0.320 e. The van der Waals surface area contributed by atoms with E-state index in [4.69, 9.17) is 0 Å². The lowest BCUT2D eigenvalue weighted by molar-refractivity contribution is 0.540. The van der Waals surface area contributed by atoms with Crippen molar-refractivity contribution in [2.24, 2.45) is 0 Å². The number of hydrogen-bond acceptors (Lipinski definition) is 3. The van der Waals surface area contributed by atoms with Crippen LogP contribution in [0.2, 0.25) is 0 Å². The van der Waals surface area contributed by atoms with Crippen LogP contribution in [0.4, 0.5) is 0 Å². The Morgan fingerprint density at radius 1 is 1.54 bits per heavy atom. The van der Waals surface area contributed by atoms with Crippen molar-refractivity contribution in [3.63, 3.8) is 0 Å². The highest BCUT2D eigenvalue weighted by molar-refractivity contribution is 9.10. The molecule has 0 amide bonds. The SMILES string of the molecule is CNCCC(NC)c1cc(Br)cs1. The molecule has 0 radical (unpaired) electrons. The molecule has 0 bridgehead atoms. The van der Waals surface area contributed by atoms with E-state index in [-0.39, 0.29) is 0 Å². The molecule has 0 spiro atoms. The lowest BCUT2D eigenvalue weighted by atomic mass is 10.2. The van der Waals surface area contributed by atoms with E-state index < -0.39 is 0 Å². The third-order valence-corrected chi connectivity index (χ3v) is 3.77. The molecule has 74 valence electrons. The van der Waals surface area contributed by atoms with Crippen LogP contribution in [-0.2, 0) is 0 Å². The van der Waals surface area contributed by atoms with Crippen LogP contribution in [0.5, 0.6) is 0 Å². The number of hydrogen-bond donors (Lipinski definition) is 2. The van der Waals surface area contributed by atoms with Gasteiger partial charge in [-0.2, -0.15) is 0 Å². The van der Waals surface area contributed by atoms with Gasteiger partial charge < -0.3 is 10.6 Å². The van der Waals surface area contributed by atoms with Gasteiger partial charge in [0.2, 0.25) is 0 Å². The summed E-state index contributed by atoms with van der Waals surface area (Å²) < 4.78 is 1.18. The summed E-state index contributed by atoms with van der Waals surface area (Å²) in [5.74, 6) is 0. The summed E-state index contributed by atoms with van der Waals surface area (Å²) in [5.41, 5.74) is 0. The third kappa shape index (κ3) is 3.38. The normalized spacial score (nSPS) is 13.2. The molecule has 1 aromatic rings. The van der Waals surface area contributed by atoms with E-state index in [1.54, 1.807) is 11.3 Å². The zero-order valence-electron chi connectivity index (χ0n) is 7.93. The van der Waals surface area contributed by atoms with Crippen molar-refractivity contribution in [3.8, 4) is 0 Å². The Morgan fingerprint density at radius 3 is 2.77 bits per heavy atom. The number of nitrogens with one attached hydrogen (secondary N) is 2. The van der Waals surface area contributed by atoms with Gasteiger partial charge in [-0.05, 0) is 49.1 Å². The number of halogens is 1. The van der Waals surface area contributed by atoms with E-state index in [2.05, 4.69) is 38.0 Å². The summed E-state index contributed by atoms with van der Waals surface area (Å²) in [6.07, 6.45) is 1.12. The van der Waals surface area contributed by atoms with E-state index in [1.165, 1.54) is 9.35 Å². The van der Waals surface area contributed by atoms with Gasteiger partial charge in [0.15, 0.2) is 0 Å². The van der Waals surface area contributed by atoms with Crippen LogP contribution in [0.25, 0.3) is 0 Å². The molecular weight excluding hydrogens is 248 g/mol. The molecule has 0 aliphatic rings. The maximum absolute atomic E-state index is 3.46. The Labute approximate surface area is 91.9 Å². The predicted octanol–water partition coefficient (Wildman–Crippen LogP) is 2.38.